The normalized spacial score (nSPS) is 30.9. The minimum absolute atomic E-state index is 0.361. The SMILES string of the molecule is CC1(C)CC(CCN)CN1. The number of nitrogens with one attached hydrogen (secondary N) is 1. The largest absolute Gasteiger partial charge is 0.330 e. The maximum absolute atomic E-state index is 5.47. The van der Waals surface area contributed by atoms with Crippen LogP contribution in [0.3, 0.4) is 0 Å². The molecule has 1 aliphatic rings. The third kappa shape index (κ3) is 1.96. The van der Waals surface area contributed by atoms with Crippen LogP contribution in [0.15, 0.2) is 0 Å². The lowest BCUT2D eigenvalue weighted by molar-refractivity contribution is 0.435. The number of hydrogen-bond donors (Lipinski definition) is 2. The average molecular weight is 142 g/mol. The van der Waals surface area contributed by atoms with E-state index in [2.05, 4.69) is 19.2 Å². The number of nitrogens with two attached hydrogens (primary N) is 1. The Morgan fingerprint density at radius 2 is 2.30 bits per heavy atom. The quantitative estimate of drug-likeness (QED) is 0.596. The van der Waals surface area contributed by atoms with Gasteiger partial charge in [-0.15, -0.1) is 0 Å². The van der Waals surface area contributed by atoms with Crippen molar-refractivity contribution in [1.82, 2.24) is 5.32 Å². The molecule has 0 radical (unpaired) electrons. The predicted molar refractivity (Wildman–Crippen MR) is 43.9 cm³/mol. The molecular formula is C8H18N2. The first-order chi connectivity index (χ1) is 4.64. The maximum Gasteiger partial charge on any atom is 0.0128 e. The van der Waals surface area contributed by atoms with Gasteiger partial charge in [0.2, 0.25) is 0 Å². The van der Waals surface area contributed by atoms with E-state index >= 15 is 0 Å². The Hall–Kier alpha value is -0.0800. The third-order valence-corrected chi connectivity index (χ3v) is 2.24. The van der Waals surface area contributed by atoms with Crippen molar-refractivity contribution >= 4 is 0 Å². The van der Waals surface area contributed by atoms with E-state index in [0.717, 1.165) is 19.0 Å². The fourth-order valence-corrected chi connectivity index (χ4v) is 1.73. The van der Waals surface area contributed by atoms with Gasteiger partial charge in [0.05, 0.1) is 0 Å². The van der Waals surface area contributed by atoms with Gasteiger partial charge in [-0.1, -0.05) is 0 Å². The molecule has 1 rings (SSSR count). The Kier molecular flexibility index (Phi) is 2.32. The minimum Gasteiger partial charge on any atom is -0.330 e. The van der Waals surface area contributed by atoms with Gasteiger partial charge < -0.3 is 11.1 Å². The first-order valence-corrected chi connectivity index (χ1v) is 4.09. The van der Waals surface area contributed by atoms with Crippen LogP contribution in [0.25, 0.3) is 0 Å². The smallest absolute Gasteiger partial charge is 0.0128 e. The van der Waals surface area contributed by atoms with Crippen LogP contribution < -0.4 is 11.1 Å². The number of hydrogen-bond acceptors (Lipinski definition) is 2. The highest BCUT2D eigenvalue weighted by Gasteiger charge is 2.29. The molecule has 1 atom stereocenters. The summed E-state index contributed by atoms with van der Waals surface area (Å²) >= 11 is 0. The molecule has 10 heavy (non-hydrogen) atoms. The van der Waals surface area contributed by atoms with Gasteiger partial charge in [0, 0.05) is 5.54 Å². The Bertz CT molecular complexity index is 110. The van der Waals surface area contributed by atoms with E-state index < -0.39 is 0 Å². The molecule has 3 N–H and O–H groups in total. The van der Waals surface area contributed by atoms with E-state index in [9.17, 15) is 0 Å². The van der Waals surface area contributed by atoms with Crippen LogP contribution in [-0.4, -0.2) is 18.6 Å². The Labute approximate surface area is 63.2 Å². The summed E-state index contributed by atoms with van der Waals surface area (Å²) in [4.78, 5) is 0. The van der Waals surface area contributed by atoms with E-state index in [1.54, 1.807) is 0 Å². The summed E-state index contributed by atoms with van der Waals surface area (Å²) in [5.41, 5.74) is 5.83. The molecule has 0 spiro atoms. The van der Waals surface area contributed by atoms with Crippen molar-refractivity contribution in [1.29, 1.82) is 0 Å². The summed E-state index contributed by atoms with van der Waals surface area (Å²) in [5.74, 6) is 0.819. The summed E-state index contributed by atoms with van der Waals surface area (Å²) < 4.78 is 0. The molecule has 1 unspecified atom stereocenters. The van der Waals surface area contributed by atoms with Crippen LogP contribution in [0.2, 0.25) is 0 Å². The zero-order chi connectivity index (χ0) is 7.61. The van der Waals surface area contributed by atoms with E-state index in [4.69, 9.17) is 5.73 Å². The molecule has 0 bridgehead atoms. The maximum atomic E-state index is 5.47. The van der Waals surface area contributed by atoms with Crippen molar-refractivity contribution < 1.29 is 0 Å². The molecular weight excluding hydrogens is 124 g/mol. The monoisotopic (exact) mass is 142 g/mol. The summed E-state index contributed by atoms with van der Waals surface area (Å²) in [6.07, 6.45) is 2.46. The lowest BCUT2D eigenvalue weighted by atomic mass is 9.95. The zero-order valence-electron chi connectivity index (χ0n) is 6.98. The minimum atomic E-state index is 0.361. The van der Waals surface area contributed by atoms with Crippen molar-refractivity contribution in [3.8, 4) is 0 Å². The fraction of sp³-hybridized carbons (Fsp3) is 1.00. The molecule has 1 heterocycles. The molecule has 0 aromatic heterocycles. The highest BCUT2D eigenvalue weighted by molar-refractivity contribution is 4.89. The molecule has 2 heteroatoms. The van der Waals surface area contributed by atoms with E-state index in [1.807, 2.05) is 0 Å². The second-order valence-corrected chi connectivity index (χ2v) is 3.91. The van der Waals surface area contributed by atoms with Gasteiger partial charge in [-0.05, 0) is 45.7 Å². The molecule has 0 saturated carbocycles. The summed E-state index contributed by atoms with van der Waals surface area (Å²) in [6, 6.07) is 0. The molecule has 0 aromatic rings. The molecule has 0 aromatic carbocycles. The van der Waals surface area contributed by atoms with E-state index in [-0.39, 0.29) is 0 Å². The van der Waals surface area contributed by atoms with Crippen molar-refractivity contribution in [2.45, 2.75) is 32.2 Å². The topological polar surface area (TPSA) is 38.0 Å². The summed E-state index contributed by atoms with van der Waals surface area (Å²) in [5, 5.41) is 3.48. The molecule has 2 nitrogen and oxygen atoms in total. The van der Waals surface area contributed by atoms with Gasteiger partial charge in [0.15, 0.2) is 0 Å². The predicted octanol–water partition coefficient (Wildman–Crippen LogP) is 0.723. The first-order valence-electron chi connectivity index (χ1n) is 4.09. The summed E-state index contributed by atoms with van der Waals surface area (Å²) in [7, 11) is 0. The fourth-order valence-electron chi connectivity index (χ4n) is 1.73. The highest BCUT2D eigenvalue weighted by atomic mass is 15.0. The lowest BCUT2D eigenvalue weighted by Gasteiger charge is -2.16. The van der Waals surface area contributed by atoms with Gasteiger partial charge in [0.1, 0.15) is 0 Å². The molecule has 1 saturated heterocycles. The lowest BCUT2D eigenvalue weighted by Crippen LogP contribution is -2.31. The van der Waals surface area contributed by atoms with Crippen LogP contribution >= 0.6 is 0 Å². The second-order valence-electron chi connectivity index (χ2n) is 3.91. The van der Waals surface area contributed by atoms with Crippen molar-refractivity contribution in [2.24, 2.45) is 11.7 Å². The van der Waals surface area contributed by atoms with Gasteiger partial charge in [0.25, 0.3) is 0 Å². The highest BCUT2D eigenvalue weighted by Crippen LogP contribution is 2.24. The van der Waals surface area contributed by atoms with Crippen LogP contribution in [0.5, 0.6) is 0 Å². The molecule has 1 fully saturated rings. The summed E-state index contributed by atoms with van der Waals surface area (Å²) in [6.45, 7) is 6.50. The van der Waals surface area contributed by atoms with Gasteiger partial charge in [-0.25, -0.2) is 0 Å². The van der Waals surface area contributed by atoms with Gasteiger partial charge in [-0.2, -0.15) is 0 Å². The standard InChI is InChI=1S/C8H18N2/c1-8(2)5-7(3-4-9)6-10-8/h7,10H,3-6,9H2,1-2H3. The van der Waals surface area contributed by atoms with Crippen LogP contribution in [0.1, 0.15) is 26.7 Å². The zero-order valence-corrected chi connectivity index (χ0v) is 6.98. The van der Waals surface area contributed by atoms with E-state index in [1.165, 1.54) is 12.8 Å². The molecule has 0 amide bonds. The molecule has 1 aliphatic heterocycles. The first kappa shape index (κ1) is 8.02. The van der Waals surface area contributed by atoms with Crippen molar-refractivity contribution in [2.75, 3.05) is 13.1 Å². The van der Waals surface area contributed by atoms with E-state index in [0.29, 0.717) is 5.54 Å². The Morgan fingerprint density at radius 1 is 1.60 bits per heavy atom. The van der Waals surface area contributed by atoms with Crippen LogP contribution in [-0.2, 0) is 0 Å². The van der Waals surface area contributed by atoms with Crippen molar-refractivity contribution in [3.63, 3.8) is 0 Å². The average Bonchev–Trinajstić information content (AvgIpc) is 2.12. The van der Waals surface area contributed by atoms with Gasteiger partial charge in [-0.3, -0.25) is 0 Å². The molecule has 0 aliphatic carbocycles. The Morgan fingerprint density at radius 3 is 2.70 bits per heavy atom. The van der Waals surface area contributed by atoms with Crippen LogP contribution in [0.4, 0.5) is 0 Å². The Balaban J connectivity index is 2.29. The molecule has 60 valence electrons. The van der Waals surface area contributed by atoms with Crippen molar-refractivity contribution in [3.05, 3.63) is 0 Å². The number of rotatable bonds is 2. The van der Waals surface area contributed by atoms with Gasteiger partial charge >= 0.3 is 0 Å². The second kappa shape index (κ2) is 2.89. The third-order valence-electron chi connectivity index (χ3n) is 2.24. The van der Waals surface area contributed by atoms with Crippen LogP contribution in [0, 0.1) is 5.92 Å².